The van der Waals surface area contributed by atoms with E-state index in [2.05, 4.69) is 10.6 Å². The molecule has 0 aliphatic rings. The second-order valence-corrected chi connectivity index (χ2v) is 4.68. The normalized spacial score (nSPS) is 13.1. The van der Waals surface area contributed by atoms with Gasteiger partial charge in [0.15, 0.2) is 6.04 Å². The maximum absolute atomic E-state index is 11.7. The Hall–Kier alpha value is -2.41. The number of amides is 2. The summed E-state index contributed by atoms with van der Waals surface area (Å²) in [5.74, 6) is -1.99. The van der Waals surface area contributed by atoms with Crippen molar-refractivity contribution >= 4 is 23.5 Å². The summed E-state index contributed by atoms with van der Waals surface area (Å²) in [5, 5.41) is 23.0. The van der Waals surface area contributed by atoms with Crippen LogP contribution in [0.25, 0.3) is 0 Å². The lowest BCUT2D eigenvalue weighted by molar-refractivity contribution is -0.144. The molecule has 7 heteroatoms. The molecule has 0 aliphatic carbocycles. The van der Waals surface area contributed by atoms with Crippen molar-refractivity contribution < 1.29 is 24.6 Å². The van der Waals surface area contributed by atoms with Crippen molar-refractivity contribution in [1.82, 2.24) is 5.32 Å². The number of aliphatic hydroxyl groups excluding tert-OH is 1. The van der Waals surface area contributed by atoms with Gasteiger partial charge < -0.3 is 20.8 Å². The number of nitrogens with one attached hydrogen (secondary N) is 2. The van der Waals surface area contributed by atoms with E-state index < -0.39 is 24.0 Å². The van der Waals surface area contributed by atoms with Crippen LogP contribution in [0, 0.1) is 0 Å². The maximum Gasteiger partial charge on any atom is 0.328 e. The monoisotopic (exact) mass is 294 g/mol. The summed E-state index contributed by atoms with van der Waals surface area (Å²) in [6.07, 6.45) is -1.20. The number of carboxylic acid groups (broad SMARTS) is 1. The molecule has 1 aromatic rings. The zero-order valence-electron chi connectivity index (χ0n) is 11.8. The van der Waals surface area contributed by atoms with Crippen molar-refractivity contribution in [3.05, 3.63) is 29.8 Å². The predicted octanol–water partition coefficient (Wildman–Crippen LogP) is 0.138. The standard InChI is InChI=1S/C14H18N2O5/c1-8(17)13(14(20)21)16-12(19)7-10-3-5-11(6-4-10)15-9(2)18/h3-6,8,13,17H,7H2,1-2H3,(H,15,18)(H,16,19)(H,20,21). The van der Waals surface area contributed by atoms with Gasteiger partial charge in [-0.1, -0.05) is 12.1 Å². The van der Waals surface area contributed by atoms with E-state index in [1.54, 1.807) is 24.3 Å². The first kappa shape index (κ1) is 16.6. The summed E-state index contributed by atoms with van der Waals surface area (Å²) in [7, 11) is 0. The van der Waals surface area contributed by atoms with Crippen molar-refractivity contribution in [3.63, 3.8) is 0 Å². The maximum atomic E-state index is 11.7. The van der Waals surface area contributed by atoms with Gasteiger partial charge in [-0.2, -0.15) is 0 Å². The molecular weight excluding hydrogens is 276 g/mol. The second kappa shape index (κ2) is 7.39. The average molecular weight is 294 g/mol. The molecule has 0 radical (unpaired) electrons. The number of benzene rings is 1. The number of carbonyl (C=O) groups is 3. The van der Waals surface area contributed by atoms with E-state index in [9.17, 15) is 19.5 Å². The Morgan fingerprint density at radius 2 is 1.76 bits per heavy atom. The third kappa shape index (κ3) is 5.62. The van der Waals surface area contributed by atoms with Gasteiger partial charge in [0.1, 0.15) is 0 Å². The van der Waals surface area contributed by atoms with E-state index in [0.29, 0.717) is 11.3 Å². The number of anilines is 1. The van der Waals surface area contributed by atoms with E-state index in [0.717, 1.165) is 0 Å². The minimum absolute atomic E-state index is 0.0170. The molecule has 0 bridgehead atoms. The van der Waals surface area contributed by atoms with Crippen LogP contribution in [-0.4, -0.2) is 40.1 Å². The number of carboxylic acids is 1. The zero-order chi connectivity index (χ0) is 16.0. The van der Waals surface area contributed by atoms with Gasteiger partial charge in [-0.3, -0.25) is 9.59 Å². The van der Waals surface area contributed by atoms with E-state index >= 15 is 0 Å². The second-order valence-electron chi connectivity index (χ2n) is 4.68. The first-order valence-electron chi connectivity index (χ1n) is 6.36. The number of aliphatic carboxylic acids is 1. The summed E-state index contributed by atoms with van der Waals surface area (Å²) in [6, 6.07) is 5.27. The molecule has 0 aromatic heterocycles. The molecule has 1 aromatic carbocycles. The largest absolute Gasteiger partial charge is 0.480 e. The van der Waals surface area contributed by atoms with Crippen LogP contribution in [0.5, 0.6) is 0 Å². The van der Waals surface area contributed by atoms with Gasteiger partial charge in [-0.25, -0.2) is 4.79 Å². The van der Waals surface area contributed by atoms with Crippen LogP contribution >= 0.6 is 0 Å². The summed E-state index contributed by atoms with van der Waals surface area (Å²) in [5.41, 5.74) is 1.27. The zero-order valence-corrected chi connectivity index (χ0v) is 11.8. The average Bonchev–Trinajstić information content (AvgIpc) is 2.37. The molecule has 1 rings (SSSR count). The fourth-order valence-corrected chi connectivity index (χ4v) is 1.71. The quantitative estimate of drug-likeness (QED) is 0.595. The van der Waals surface area contributed by atoms with E-state index in [1.807, 2.05) is 0 Å². The minimum atomic E-state index is -1.34. The van der Waals surface area contributed by atoms with Crippen LogP contribution in [0.4, 0.5) is 5.69 Å². The van der Waals surface area contributed by atoms with E-state index in [-0.39, 0.29) is 12.3 Å². The minimum Gasteiger partial charge on any atom is -0.480 e. The van der Waals surface area contributed by atoms with Crippen molar-refractivity contribution in [2.45, 2.75) is 32.4 Å². The molecule has 4 N–H and O–H groups in total. The molecule has 2 unspecified atom stereocenters. The lowest BCUT2D eigenvalue weighted by Crippen LogP contribution is -2.48. The molecular formula is C14H18N2O5. The Labute approximate surface area is 122 Å². The first-order chi connectivity index (χ1) is 9.79. The van der Waals surface area contributed by atoms with Crippen molar-refractivity contribution in [2.75, 3.05) is 5.32 Å². The molecule has 0 spiro atoms. The summed E-state index contributed by atoms with van der Waals surface area (Å²) in [6.45, 7) is 2.69. The molecule has 0 aliphatic heterocycles. The number of carbonyl (C=O) groups excluding carboxylic acids is 2. The highest BCUT2D eigenvalue weighted by Crippen LogP contribution is 2.10. The van der Waals surface area contributed by atoms with Crippen LogP contribution < -0.4 is 10.6 Å². The Balaban J connectivity index is 2.62. The first-order valence-corrected chi connectivity index (χ1v) is 6.36. The molecule has 21 heavy (non-hydrogen) atoms. The molecule has 0 saturated heterocycles. The highest BCUT2D eigenvalue weighted by molar-refractivity contribution is 5.89. The van der Waals surface area contributed by atoms with Gasteiger partial charge in [0.05, 0.1) is 12.5 Å². The Kier molecular flexibility index (Phi) is 5.86. The van der Waals surface area contributed by atoms with Crippen LogP contribution in [0.3, 0.4) is 0 Å². The number of hydrogen-bond donors (Lipinski definition) is 4. The molecule has 2 atom stereocenters. The van der Waals surface area contributed by atoms with Crippen LogP contribution in [0.2, 0.25) is 0 Å². The van der Waals surface area contributed by atoms with Crippen molar-refractivity contribution in [3.8, 4) is 0 Å². The Bertz CT molecular complexity index is 525. The fourth-order valence-electron chi connectivity index (χ4n) is 1.71. The van der Waals surface area contributed by atoms with Gasteiger partial charge in [0.2, 0.25) is 11.8 Å². The third-order valence-electron chi connectivity index (χ3n) is 2.70. The summed E-state index contributed by atoms with van der Waals surface area (Å²) in [4.78, 5) is 33.5. The highest BCUT2D eigenvalue weighted by Gasteiger charge is 2.24. The number of aliphatic hydroxyl groups is 1. The van der Waals surface area contributed by atoms with Gasteiger partial charge >= 0.3 is 5.97 Å². The predicted molar refractivity (Wildman–Crippen MR) is 75.7 cm³/mol. The molecule has 0 fully saturated rings. The topological polar surface area (TPSA) is 116 Å². The lowest BCUT2D eigenvalue weighted by Gasteiger charge is -2.17. The van der Waals surface area contributed by atoms with Gasteiger partial charge in [0, 0.05) is 12.6 Å². The van der Waals surface area contributed by atoms with Gasteiger partial charge in [-0.05, 0) is 24.6 Å². The highest BCUT2D eigenvalue weighted by atomic mass is 16.4. The summed E-state index contributed by atoms with van der Waals surface area (Å²) < 4.78 is 0. The Morgan fingerprint density at radius 3 is 2.19 bits per heavy atom. The van der Waals surface area contributed by atoms with Crippen LogP contribution in [0.1, 0.15) is 19.4 Å². The van der Waals surface area contributed by atoms with E-state index in [4.69, 9.17) is 5.11 Å². The van der Waals surface area contributed by atoms with Crippen molar-refractivity contribution in [2.24, 2.45) is 0 Å². The third-order valence-corrected chi connectivity index (χ3v) is 2.70. The molecule has 0 heterocycles. The summed E-state index contributed by atoms with van der Waals surface area (Å²) >= 11 is 0. The molecule has 2 amide bonds. The van der Waals surface area contributed by atoms with Gasteiger partial charge in [0.25, 0.3) is 0 Å². The smallest absolute Gasteiger partial charge is 0.328 e. The Morgan fingerprint density at radius 1 is 1.19 bits per heavy atom. The molecule has 7 nitrogen and oxygen atoms in total. The van der Waals surface area contributed by atoms with E-state index in [1.165, 1.54) is 13.8 Å². The van der Waals surface area contributed by atoms with Crippen LogP contribution in [-0.2, 0) is 20.8 Å². The van der Waals surface area contributed by atoms with Gasteiger partial charge in [-0.15, -0.1) is 0 Å². The van der Waals surface area contributed by atoms with Crippen LogP contribution in [0.15, 0.2) is 24.3 Å². The number of hydrogen-bond acceptors (Lipinski definition) is 4. The SMILES string of the molecule is CC(=O)Nc1ccc(CC(=O)NC(C(=O)O)C(C)O)cc1. The van der Waals surface area contributed by atoms with Crippen molar-refractivity contribution in [1.29, 1.82) is 0 Å². The molecule has 0 saturated carbocycles. The number of rotatable bonds is 6. The fraction of sp³-hybridized carbons (Fsp3) is 0.357. The lowest BCUT2D eigenvalue weighted by atomic mass is 10.1. The molecule has 114 valence electrons.